The van der Waals surface area contributed by atoms with E-state index >= 15 is 0 Å². The van der Waals surface area contributed by atoms with Crippen LogP contribution in [-0.2, 0) is 4.74 Å². The Labute approximate surface area is 208 Å². The van der Waals surface area contributed by atoms with Gasteiger partial charge >= 0.3 is 0 Å². The molecule has 1 aromatic carbocycles. The Kier molecular flexibility index (Phi) is 4.74. The molecular weight excluding hydrogens is 454 g/mol. The molecule has 36 heavy (non-hydrogen) atoms. The van der Waals surface area contributed by atoms with Gasteiger partial charge in [0.05, 0.1) is 23.3 Å². The van der Waals surface area contributed by atoms with Gasteiger partial charge in [0.1, 0.15) is 29.3 Å². The minimum Gasteiger partial charge on any atom is -0.456 e. The molecule has 0 radical (unpaired) electrons. The molecule has 2 saturated heterocycles. The number of epoxide rings is 1. The van der Waals surface area contributed by atoms with Crippen LogP contribution in [0.15, 0.2) is 55.0 Å². The van der Waals surface area contributed by atoms with Gasteiger partial charge in [-0.15, -0.1) is 5.92 Å². The zero-order chi connectivity index (χ0) is 24.3. The van der Waals surface area contributed by atoms with E-state index in [1.165, 1.54) is 6.33 Å². The normalized spacial score (nSPS) is 22.5. The Hall–Kier alpha value is -4.00. The second kappa shape index (κ2) is 8.01. The smallest absolute Gasteiger partial charge is 0.164 e. The minimum absolute atomic E-state index is 0.0810. The number of nitrogen functional groups attached to an aromatic ring is 1. The van der Waals surface area contributed by atoms with Gasteiger partial charge < -0.3 is 15.2 Å². The summed E-state index contributed by atoms with van der Waals surface area (Å²) in [6.45, 7) is 3.95. The highest BCUT2D eigenvalue weighted by Gasteiger charge is 2.59. The summed E-state index contributed by atoms with van der Waals surface area (Å²) in [6, 6.07) is 13.7. The first kappa shape index (κ1) is 21.3. The molecule has 4 aromatic rings. The highest BCUT2D eigenvalue weighted by molar-refractivity contribution is 5.97. The van der Waals surface area contributed by atoms with E-state index in [-0.39, 0.29) is 18.4 Å². The molecule has 2 N–H and O–H groups in total. The van der Waals surface area contributed by atoms with Crippen molar-refractivity contribution in [1.29, 1.82) is 0 Å². The van der Waals surface area contributed by atoms with E-state index in [1.807, 2.05) is 54.1 Å². The zero-order valence-electron chi connectivity index (χ0n) is 19.8. The fourth-order valence-electron chi connectivity index (χ4n) is 5.63. The number of hydrogen-bond donors (Lipinski definition) is 1. The van der Waals surface area contributed by atoms with Crippen molar-refractivity contribution in [2.75, 3.05) is 18.8 Å². The number of aromatic nitrogens is 5. The van der Waals surface area contributed by atoms with Crippen LogP contribution in [0.5, 0.6) is 11.5 Å². The van der Waals surface area contributed by atoms with Gasteiger partial charge in [0.2, 0.25) is 0 Å². The third-order valence-electron chi connectivity index (χ3n) is 7.35. The first-order valence-corrected chi connectivity index (χ1v) is 12.1. The molecule has 180 valence electrons. The maximum Gasteiger partial charge on any atom is 0.164 e. The van der Waals surface area contributed by atoms with Crippen molar-refractivity contribution >= 4 is 16.9 Å². The first-order valence-electron chi connectivity index (χ1n) is 12.1. The Balaban J connectivity index is 1.11. The highest BCUT2D eigenvalue weighted by atomic mass is 16.6. The summed E-state index contributed by atoms with van der Waals surface area (Å²) in [7, 11) is 0. The maximum absolute atomic E-state index is 6.30. The molecule has 2 atom stereocenters. The number of fused-ring (bicyclic) bond motifs is 1. The molecule has 1 spiro atoms. The van der Waals surface area contributed by atoms with Gasteiger partial charge in [-0.3, -0.25) is 9.88 Å². The molecule has 1 saturated carbocycles. The molecule has 2 aliphatic heterocycles. The lowest BCUT2D eigenvalue weighted by Crippen LogP contribution is -2.63. The predicted molar refractivity (Wildman–Crippen MR) is 134 cm³/mol. The third kappa shape index (κ3) is 3.49. The van der Waals surface area contributed by atoms with Crippen molar-refractivity contribution < 1.29 is 9.47 Å². The Morgan fingerprint density at radius 2 is 1.89 bits per heavy atom. The number of likely N-dealkylation sites (tertiary alicyclic amines) is 1. The lowest BCUT2D eigenvalue weighted by molar-refractivity contribution is -0.108. The molecule has 9 nitrogen and oxygen atoms in total. The van der Waals surface area contributed by atoms with Gasteiger partial charge in [0.25, 0.3) is 0 Å². The lowest BCUT2D eigenvalue weighted by atomic mass is 9.60. The largest absolute Gasteiger partial charge is 0.456 e. The van der Waals surface area contributed by atoms with Crippen LogP contribution in [-0.4, -0.2) is 55.1 Å². The van der Waals surface area contributed by atoms with Crippen LogP contribution in [0.4, 0.5) is 5.82 Å². The van der Waals surface area contributed by atoms with E-state index in [0.717, 1.165) is 42.7 Å². The van der Waals surface area contributed by atoms with Gasteiger partial charge in [-0.1, -0.05) is 24.1 Å². The number of ether oxygens (including phenoxy) is 2. The number of benzene rings is 1. The summed E-state index contributed by atoms with van der Waals surface area (Å²) in [4.78, 5) is 15.8. The molecule has 1 aliphatic carbocycles. The van der Waals surface area contributed by atoms with E-state index in [4.69, 9.17) is 20.3 Å². The summed E-state index contributed by atoms with van der Waals surface area (Å²) < 4.78 is 13.6. The van der Waals surface area contributed by atoms with Crippen molar-refractivity contribution in [1.82, 2.24) is 29.6 Å². The maximum atomic E-state index is 6.30. The number of pyridine rings is 1. The van der Waals surface area contributed by atoms with E-state index in [9.17, 15) is 0 Å². The minimum atomic E-state index is 0.0810. The Bertz CT molecular complexity index is 1490. The molecule has 3 fully saturated rings. The number of anilines is 1. The van der Waals surface area contributed by atoms with Crippen molar-refractivity contribution in [2.45, 2.75) is 38.1 Å². The molecule has 5 heterocycles. The fraction of sp³-hybridized carbons (Fsp3) is 0.333. The average Bonchev–Trinajstić information content (AvgIpc) is 3.48. The molecule has 0 amide bonds. The van der Waals surface area contributed by atoms with Crippen molar-refractivity contribution in [3.63, 3.8) is 0 Å². The van der Waals surface area contributed by atoms with Gasteiger partial charge in [-0.25, -0.2) is 14.6 Å². The summed E-state index contributed by atoms with van der Waals surface area (Å²) in [5.41, 5.74) is 8.78. The highest BCUT2D eigenvalue weighted by Crippen LogP contribution is 2.56. The van der Waals surface area contributed by atoms with Crippen molar-refractivity contribution in [2.24, 2.45) is 5.41 Å². The quantitative estimate of drug-likeness (QED) is 0.341. The van der Waals surface area contributed by atoms with Crippen LogP contribution in [0.1, 0.15) is 25.8 Å². The molecule has 3 aromatic heterocycles. The third-order valence-corrected chi connectivity index (χ3v) is 7.35. The first-order chi connectivity index (χ1) is 17.6. The van der Waals surface area contributed by atoms with Crippen molar-refractivity contribution in [3.8, 4) is 34.7 Å². The average molecular weight is 480 g/mol. The van der Waals surface area contributed by atoms with Gasteiger partial charge in [-0.2, -0.15) is 5.10 Å². The van der Waals surface area contributed by atoms with Crippen LogP contribution in [0.3, 0.4) is 0 Å². The van der Waals surface area contributed by atoms with Gasteiger partial charge in [0, 0.05) is 18.5 Å². The van der Waals surface area contributed by atoms with Crippen LogP contribution in [0.2, 0.25) is 0 Å². The summed E-state index contributed by atoms with van der Waals surface area (Å²) in [5, 5.41) is 5.70. The van der Waals surface area contributed by atoms with E-state index in [1.54, 1.807) is 6.20 Å². The van der Waals surface area contributed by atoms with Crippen LogP contribution in [0.25, 0.3) is 22.4 Å². The van der Waals surface area contributed by atoms with Crippen LogP contribution in [0, 0.1) is 17.3 Å². The predicted octanol–water partition coefficient (Wildman–Crippen LogP) is 3.65. The summed E-state index contributed by atoms with van der Waals surface area (Å²) >= 11 is 0. The van der Waals surface area contributed by atoms with E-state index in [0.29, 0.717) is 28.4 Å². The Morgan fingerprint density at radius 3 is 2.64 bits per heavy atom. The number of hydrogen-bond acceptors (Lipinski definition) is 8. The van der Waals surface area contributed by atoms with E-state index in [2.05, 4.69) is 31.7 Å². The Morgan fingerprint density at radius 1 is 1.06 bits per heavy atom. The molecule has 9 heteroatoms. The van der Waals surface area contributed by atoms with Gasteiger partial charge in [-0.05, 0) is 44.0 Å². The van der Waals surface area contributed by atoms with Crippen molar-refractivity contribution in [3.05, 3.63) is 55.0 Å². The topological polar surface area (TPSA) is 108 Å². The molecular formula is C27H25N7O2. The molecule has 7 rings (SSSR count). The monoisotopic (exact) mass is 479 g/mol. The second-order valence-electron chi connectivity index (χ2n) is 9.85. The summed E-state index contributed by atoms with van der Waals surface area (Å²) in [5.74, 6) is 7.87. The molecule has 3 aliphatic rings. The number of para-hydroxylation sites is 1. The zero-order valence-corrected chi connectivity index (χ0v) is 19.8. The van der Waals surface area contributed by atoms with E-state index < -0.39 is 0 Å². The summed E-state index contributed by atoms with van der Waals surface area (Å²) in [6.07, 6.45) is 5.56. The fourth-order valence-corrected chi connectivity index (χ4v) is 5.63. The standard InChI is InChI=1S/C27H25N7O2/c1-2-6-21-26(36-21)33-14-27(15-33)11-17(12-27)34-25-22(24(28)30-16-31-25)23(32-34)20-10-9-19(13-29-20)35-18-7-4-3-5-8-18/h3-5,7-10,13,16-17,21,26H,11-12,14-15H2,1H3,(H2,28,30,31). The number of nitrogens with two attached hydrogens (primary N) is 1. The van der Waals surface area contributed by atoms with Crippen LogP contribution >= 0.6 is 0 Å². The van der Waals surface area contributed by atoms with Gasteiger partial charge in [0.15, 0.2) is 18.0 Å². The molecule has 2 unspecified atom stereocenters. The lowest BCUT2D eigenvalue weighted by Gasteiger charge is -2.58. The second-order valence-corrected chi connectivity index (χ2v) is 9.85. The van der Waals surface area contributed by atoms with Crippen LogP contribution < -0.4 is 10.5 Å². The number of rotatable bonds is 5. The SMILES string of the molecule is CC#CC1OC1N1CC2(CC(n3nc(-c4ccc(Oc5ccccc5)cn4)c4c(N)ncnc43)C2)C1. The molecule has 0 bridgehead atoms. The number of nitrogens with zero attached hydrogens (tertiary/aromatic N) is 6.